The van der Waals surface area contributed by atoms with Gasteiger partial charge in [-0.1, -0.05) is 36.4 Å². The van der Waals surface area contributed by atoms with Gasteiger partial charge in [-0.2, -0.15) is 0 Å². The highest BCUT2D eigenvalue weighted by Gasteiger charge is 2.24. The van der Waals surface area contributed by atoms with Crippen molar-refractivity contribution in [1.82, 2.24) is 10.3 Å². The fourth-order valence-electron chi connectivity index (χ4n) is 2.30. The van der Waals surface area contributed by atoms with Crippen molar-refractivity contribution in [2.45, 2.75) is 25.2 Å². The zero-order valence-corrected chi connectivity index (χ0v) is 13.9. The molecular formula is C18H20N2O6. The minimum atomic E-state index is -1.43. The van der Waals surface area contributed by atoms with Gasteiger partial charge in [0.1, 0.15) is 12.7 Å². The molecule has 0 fully saturated rings. The fourth-order valence-corrected chi connectivity index (χ4v) is 2.30. The van der Waals surface area contributed by atoms with Crippen LogP contribution in [0.1, 0.15) is 34.1 Å². The second-order valence-corrected chi connectivity index (χ2v) is 5.54. The van der Waals surface area contributed by atoms with Crippen molar-refractivity contribution in [3.8, 4) is 0 Å². The van der Waals surface area contributed by atoms with Crippen LogP contribution in [0.25, 0.3) is 0 Å². The average Bonchev–Trinajstić information content (AvgIpc) is 2.66. The predicted octanol–water partition coefficient (Wildman–Crippen LogP) is 1.49. The number of pyridine rings is 1. The number of aliphatic hydroxyl groups is 2. The van der Waals surface area contributed by atoms with Gasteiger partial charge in [0.25, 0.3) is 0 Å². The summed E-state index contributed by atoms with van der Waals surface area (Å²) in [5, 5.41) is 31.7. The minimum Gasteiger partial charge on any atom is -0.477 e. The molecular weight excluding hydrogens is 340 g/mol. The summed E-state index contributed by atoms with van der Waals surface area (Å²) in [6.45, 7) is 0.171. The van der Waals surface area contributed by atoms with E-state index in [0.29, 0.717) is 0 Å². The lowest BCUT2D eigenvalue weighted by Gasteiger charge is -2.19. The number of aromatic nitrogens is 1. The standard InChI is InChI=1S/C18H20N2O6/c21-14(16(22)13-7-4-9-19-15(13)17(23)24)8-10-20-18(25)26-11-12-5-2-1-3-6-12/h1-7,9,14,16,21-22H,8,10-11H2,(H,20,25)(H,23,24). The molecule has 138 valence electrons. The highest BCUT2D eigenvalue weighted by atomic mass is 16.5. The molecule has 0 spiro atoms. The number of carboxylic acid groups (broad SMARTS) is 1. The molecule has 1 amide bonds. The Balaban J connectivity index is 1.78. The predicted molar refractivity (Wildman–Crippen MR) is 91.4 cm³/mol. The number of alkyl carbamates (subject to hydrolysis) is 1. The molecule has 1 aromatic carbocycles. The number of benzene rings is 1. The maximum Gasteiger partial charge on any atom is 0.407 e. The molecule has 26 heavy (non-hydrogen) atoms. The van der Waals surface area contributed by atoms with Gasteiger partial charge in [0, 0.05) is 18.3 Å². The van der Waals surface area contributed by atoms with Crippen molar-refractivity contribution in [3.05, 3.63) is 65.5 Å². The lowest BCUT2D eigenvalue weighted by molar-refractivity contribution is 0.0124. The third kappa shape index (κ3) is 5.54. The third-order valence-electron chi connectivity index (χ3n) is 3.65. The molecule has 0 aliphatic rings. The summed E-state index contributed by atoms with van der Waals surface area (Å²) < 4.78 is 5.02. The number of ether oxygens (including phenoxy) is 1. The maximum atomic E-state index is 11.6. The highest BCUT2D eigenvalue weighted by Crippen LogP contribution is 2.21. The van der Waals surface area contributed by atoms with Crippen LogP contribution >= 0.6 is 0 Å². The van der Waals surface area contributed by atoms with Crippen LogP contribution in [0.4, 0.5) is 4.79 Å². The number of amides is 1. The van der Waals surface area contributed by atoms with Gasteiger partial charge in [-0.3, -0.25) is 0 Å². The van der Waals surface area contributed by atoms with Gasteiger partial charge in [0.05, 0.1) is 6.10 Å². The van der Waals surface area contributed by atoms with Crippen molar-refractivity contribution in [2.24, 2.45) is 0 Å². The number of nitrogens with one attached hydrogen (secondary N) is 1. The summed E-state index contributed by atoms with van der Waals surface area (Å²) in [7, 11) is 0. The Morgan fingerprint density at radius 2 is 1.85 bits per heavy atom. The van der Waals surface area contributed by atoms with Crippen molar-refractivity contribution < 1.29 is 29.6 Å². The number of rotatable bonds is 8. The van der Waals surface area contributed by atoms with Crippen molar-refractivity contribution in [2.75, 3.05) is 6.54 Å². The van der Waals surface area contributed by atoms with E-state index in [-0.39, 0.29) is 30.8 Å². The van der Waals surface area contributed by atoms with E-state index >= 15 is 0 Å². The van der Waals surface area contributed by atoms with E-state index in [1.807, 2.05) is 30.3 Å². The third-order valence-corrected chi connectivity index (χ3v) is 3.65. The van der Waals surface area contributed by atoms with Gasteiger partial charge in [0.2, 0.25) is 0 Å². The van der Waals surface area contributed by atoms with E-state index in [0.717, 1.165) is 5.56 Å². The number of aliphatic hydroxyl groups excluding tert-OH is 2. The van der Waals surface area contributed by atoms with Crippen LogP contribution in [0, 0.1) is 0 Å². The molecule has 0 bridgehead atoms. The number of hydrogen-bond acceptors (Lipinski definition) is 6. The quantitative estimate of drug-likeness (QED) is 0.561. The van der Waals surface area contributed by atoms with Crippen LogP contribution in [0.2, 0.25) is 0 Å². The molecule has 0 saturated heterocycles. The normalized spacial score (nSPS) is 12.8. The van der Waals surface area contributed by atoms with Gasteiger partial charge in [-0.25, -0.2) is 14.6 Å². The molecule has 0 radical (unpaired) electrons. The smallest absolute Gasteiger partial charge is 0.407 e. The number of aromatic carboxylic acids is 1. The Morgan fingerprint density at radius 1 is 1.12 bits per heavy atom. The SMILES string of the molecule is O=C(NCCC(O)C(O)c1cccnc1C(=O)O)OCc1ccccc1. The van der Waals surface area contributed by atoms with E-state index in [1.165, 1.54) is 18.3 Å². The molecule has 4 N–H and O–H groups in total. The lowest BCUT2D eigenvalue weighted by atomic mass is 10.0. The van der Waals surface area contributed by atoms with Crippen LogP contribution in [0.3, 0.4) is 0 Å². The van der Waals surface area contributed by atoms with E-state index < -0.39 is 24.3 Å². The molecule has 8 heteroatoms. The Morgan fingerprint density at radius 3 is 2.54 bits per heavy atom. The van der Waals surface area contributed by atoms with Gasteiger partial charge in [-0.05, 0) is 18.1 Å². The second kappa shape index (κ2) is 9.50. The minimum absolute atomic E-state index is 0.00948. The molecule has 0 saturated carbocycles. The Bertz CT molecular complexity index is 737. The number of hydrogen-bond donors (Lipinski definition) is 4. The highest BCUT2D eigenvalue weighted by molar-refractivity contribution is 5.87. The van der Waals surface area contributed by atoms with Crippen LogP contribution < -0.4 is 5.32 Å². The monoisotopic (exact) mass is 360 g/mol. The van der Waals surface area contributed by atoms with Crippen LogP contribution in [-0.4, -0.2) is 45.0 Å². The van der Waals surface area contributed by atoms with Gasteiger partial charge < -0.3 is 25.4 Å². The first kappa shape index (κ1) is 19.4. The molecule has 8 nitrogen and oxygen atoms in total. The number of carbonyl (C=O) groups excluding carboxylic acids is 1. The zero-order chi connectivity index (χ0) is 18.9. The van der Waals surface area contributed by atoms with Crippen LogP contribution in [0.5, 0.6) is 0 Å². The van der Waals surface area contributed by atoms with E-state index in [1.54, 1.807) is 0 Å². The Hall–Kier alpha value is -2.97. The van der Waals surface area contributed by atoms with E-state index in [4.69, 9.17) is 9.84 Å². The topological polar surface area (TPSA) is 129 Å². The number of carbonyl (C=O) groups is 2. The first-order chi connectivity index (χ1) is 12.5. The molecule has 0 aliphatic carbocycles. The van der Waals surface area contributed by atoms with Gasteiger partial charge in [-0.15, -0.1) is 0 Å². The lowest BCUT2D eigenvalue weighted by Crippen LogP contribution is -2.30. The summed E-state index contributed by atoms with van der Waals surface area (Å²) in [6.07, 6.45) is -2.06. The fraction of sp³-hybridized carbons (Fsp3) is 0.278. The summed E-state index contributed by atoms with van der Waals surface area (Å²) in [5.41, 5.74) is 0.532. The number of carboxylic acids is 1. The average molecular weight is 360 g/mol. The molecule has 2 atom stereocenters. The zero-order valence-electron chi connectivity index (χ0n) is 13.9. The summed E-state index contributed by atoms with van der Waals surface area (Å²) in [4.78, 5) is 26.4. The molecule has 1 heterocycles. The Labute approximate surface area is 150 Å². The van der Waals surface area contributed by atoms with E-state index in [2.05, 4.69) is 10.3 Å². The van der Waals surface area contributed by atoms with Crippen LogP contribution in [0.15, 0.2) is 48.7 Å². The first-order valence-electron chi connectivity index (χ1n) is 7.98. The first-order valence-corrected chi connectivity index (χ1v) is 7.98. The van der Waals surface area contributed by atoms with Gasteiger partial charge >= 0.3 is 12.1 Å². The molecule has 2 unspecified atom stereocenters. The number of nitrogens with zero attached hydrogens (tertiary/aromatic N) is 1. The summed E-state index contributed by atoms with van der Waals surface area (Å²) in [5.74, 6) is -1.30. The molecule has 2 aromatic rings. The largest absolute Gasteiger partial charge is 0.477 e. The summed E-state index contributed by atoms with van der Waals surface area (Å²) >= 11 is 0. The van der Waals surface area contributed by atoms with Crippen molar-refractivity contribution in [1.29, 1.82) is 0 Å². The van der Waals surface area contributed by atoms with Gasteiger partial charge in [0.15, 0.2) is 5.69 Å². The molecule has 0 aliphatic heterocycles. The maximum absolute atomic E-state index is 11.6. The molecule has 1 aromatic heterocycles. The van der Waals surface area contributed by atoms with Crippen molar-refractivity contribution >= 4 is 12.1 Å². The van der Waals surface area contributed by atoms with E-state index in [9.17, 15) is 19.8 Å². The summed E-state index contributed by atoms with van der Waals surface area (Å²) in [6, 6.07) is 12.0. The molecule has 2 rings (SSSR count). The van der Waals surface area contributed by atoms with Crippen LogP contribution in [-0.2, 0) is 11.3 Å². The Kier molecular flexibility index (Phi) is 7.07. The van der Waals surface area contributed by atoms with Crippen molar-refractivity contribution in [3.63, 3.8) is 0 Å². The second-order valence-electron chi connectivity index (χ2n) is 5.54.